The molecule has 0 aliphatic rings. The van der Waals surface area contributed by atoms with Crippen LogP contribution < -0.4 is 5.46 Å². The zero-order valence-electron chi connectivity index (χ0n) is 48.9. The van der Waals surface area contributed by atoms with Gasteiger partial charge in [0, 0.05) is 58.3 Å². The molecule has 3 aromatic heterocycles. The van der Waals surface area contributed by atoms with Crippen LogP contribution in [0.5, 0.6) is 0 Å². The molecule has 0 fully saturated rings. The highest BCUT2D eigenvalue weighted by Gasteiger charge is 2.16. The first-order valence-electron chi connectivity index (χ1n) is 30.0. The van der Waals surface area contributed by atoms with Crippen molar-refractivity contribution in [3.63, 3.8) is 0 Å². The lowest BCUT2D eigenvalue weighted by Crippen LogP contribution is -2.29. The van der Waals surface area contributed by atoms with E-state index in [2.05, 4.69) is 313 Å². The Balaban J connectivity index is 0.000000151. The van der Waals surface area contributed by atoms with Gasteiger partial charge in [0.2, 0.25) is 0 Å². The number of rotatable bonds is 10. The van der Waals surface area contributed by atoms with Gasteiger partial charge in [-0.1, -0.05) is 275 Å². The second-order valence-electron chi connectivity index (χ2n) is 22.2. The lowest BCUT2D eigenvalue weighted by Gasteiger charge is -2.10. The molecule has 0 saturated heterocycles. The van der Waals surface area contributed by atoms with Crippen molar-refractivity contribution in [2.75, 3.05) is 0 Å². The highest BCUT2D eigenvalue weighted by atomic mass is 79.9. The van der Waals surface area contributed by atoms with Gasteiger partial charge >= 0.3 is 7.12 Å². The molecular weight excluding hydrogens is 1230 g/mol. The number of fused-ring (bicyclic) bond motifs is 9. The molecule has 16 aromatic rings. The van der Waals surface area contributed by atoms with E-state index < -0.39 is 7.12 Å². The first-order valence-corrected chi connectivity index (χ1v) is 31.6. The van der Waals surface area contributed by atoms with Crippen LogP contribution in [0.25, 0.3) is 129 Å². The van der Waals surface area contributed by atoms with E-state index in [-0.39, 0.29) is 0 Å². The van der Waals surface area contributed by atoms with Gasteiger partial charge in [0.1, 0.15) is 0 Å². The van der Waals surface area contributed by atoms with Gasteiger partial charge in [-0.25, -0.2) is 0 Å². The van der Waals surface area contributed by atoms with Gasteiger partial charge < -0.3 is 23.7 Å². The van der Waals surface area contributed by atoms with Crippen molar-refractivity contribution < 1.29 is 10.0 Å². The molecule has 0 amide bonds. The average Bonchev–Trinajstić information content (AvgIpc) is 1.72. The maximum atomic E-state index is 9.24. The van der Waals surface area contributed by atoms with Crippen LogP contribution in [-0.2, 0) is 0 Å². The Kier molecular flexibility index (Phi) is 16.5. The van der Waals surface area contributed by atoms with Crippen molar-refractivity contribution in [2.24, 2.45) is 0 Å². The Morgan fingerprint density at radius 1 is 0.233 bits per heavy atom. The summed E-state index contributed by atoms with van der Waals surface area (Å²) in [6, 6.07) is 110. The van der Waals surface area contributed by atoms with Crippen molar-refractivity contribution in [1.82, 2.24) is 13.7 Å². The lowest BCUT2D eigenvalue weighted by atomic mass is 9.80. The molecule has 90 heavy (non-hydrogen) atoms. The molecule has 5 nitrogen and oxygen atoms in total. The van der Waals surface area contributed by atoms with E-state index in [1.807, 2.05) is 60.7 Å². The number of nitrogens with zero attached hydrogens (tertiary/aromatic N) is 3. The fourth-order valence-electron chi connectivity index (χ4n) is 12.1. The summed E-state index contributed by atoms with van der Waals surface area (Å²) >= 11 is 6.84. The fraction of sp³-hybridized carbons (Fsp3) is 0. The van der Waals surface area contributed by atoms with Crippen LogP contribution in [-0.4, -0.2) is 30.9 Å². The third-order valence-corrected chi connectivity index (χ3v) is 17.7. The van der Waals surface area contributed by atoms with E-state index in [1.54, 1.807) is 12.1 Å². The maximum Gasteiger partial charge on any atom is 0.488 e. The molecule has 430 valence electrons. The van der Waals surface area contributed by atoms with Crippen LogP contribution in [0.3, 0.4) is 0 Å². The van der Waals surface area contributed by atoms with E-state index in [9.17, 15) is 10.0 Å². The van der Waals surface area contributed by atoms with Crippen LogP contribution in [0.2, 0.25) is 0 Å². The van der Waals surface area contributed by atoms with Gasteiger partial charge in [-0.2, -0.15) is 0 Å². The van der Waals surface area contributed by atoms with Gasteiger partial charge in [-0.05, 0) is 147 Å². The Morgan fingerprint density at radius 3 is 0.667 bits per heavy atom. The third kappa shape index (κ3) is 11.9. The van der Waals surface area contributed by atoms with E-state index in [4.69, 9.17) is 0 Å². The van der Waals surface area contributed by atoms with Crippen LogP contribution in [0.1, 0.15) is 22.3 Å². The summed E-state index contributed by atoms with van der Waals surface area (Å²) < 4.78 is 9.12. The summed E-state index contributed by atoms with van der Waals surface area (Å²) in [7, 11) is -1.44. The molecule has 0 saturated carbocycles. The minimum atomic E-state index is -1.44. The normalized spacial score (nSPS) is 11.5. The topological polar surface area (TPSA) is 55.2 Å². The molecular formula is C82H58BBr2N3O2. The number of aromatic nitrogens is 3. The molecule has 3 heterocycles. The zero-order chi connectivity index (χ0) is 60.9. The Hall–Kier alpha value is -10.3. The SMILES string of the molecule is Brc1ccc(/C=C/c2ccc(Br)cc2)cc1.C(=C\c1ccc(-c2ccc(-n3c4ccccc4c4ccccc43)cc2)cc1)/c1ccc(-c2ccc(-n3c4ccccc4c4ccccc43)cc2)cc1.OB(O)c1ccc(-n2c3ccccc3c3ccccc32)cc1. The monoisotopic (exact) mass is 1290 g/mol. The van der Waals surface area contributed by atoms with Crippen LogP contribution in [0, 0.1) is 0 Å². The molecule has 0 radical (unpaired) electrons. The number of benzene rings is 13. The molecule has 16 rings (SSSR count). The minimum absolute atomic E-state index is 0.490. The predicted octanol–water partition coefficient (Wildman–Crippen LogP) is 21.2. The van der Waals surface area contributed by atoms with E-state index >= 15 is 0 Å². The third-order valence-electron chi connectivity index (χ3n) is 16.6. The van der Waals surface area contributed by atoms with Crippen LogP contribution in [0.15, 0.2) is 324 Å². The van der Waals surface area contributed by atoms with E-state index in [1.165, 1.54) is 110 Å². The van der Waals surface area contributed by atoms with Gasteiger partial charge in [-0.15, -0.1) is 0 Å². The fourth-order valence-corrected chi connectivity index (χ4v) is 12.6. The van der Waals surface area contributed by atoms with Crippen LogP contribution in [0.4, 0.5) is 0 Å². The average molecular weight is 1290 g/mol. The van der Waals surface area contributed by atoms with Gasteiger partial charge in [0.05, 0.1) is 33.1 Å². The first-order chi connectivity index (χ1) is 44.3. The molecule has 0 aliphatic heterocycles. The summed E-state index contributed by atoms with van der Waals surface area (Å²) in [4.78, 5) is 0. The number of halogens is 2. The number of para-hydroxylation sites is 6. The van der Waals surface area contributed by atoms with Gasteiger partial charge in [0.25, 0.3) is 0 Å². The molecule has 8 heteroatoms. The zero-order valence-corrected chi connectivity index (χ0v) is 52.1. The molecule has 13 aromatic carbocycles. The molecule has 0 bridgehead atoms. The summed E-state index contributed by atoms with van der Waals surface area (Å²) in [5.41, 5.74) is 20.6. The summed E-state index contributed by atoms with van der Waals surface area (Å²) in [5, 5.41) is 26.0. The van der Waals surface area contributed by atoms with Crippen molar-refractivity contribution in [2.45, 2.75) is 0 Å². The Labute approximate surface area is 540 Å². The van der Waals surface area contributed by atoms with Crippen molar-refractivity contribution in [3.05, 3.63) is 347 Å². The van der Waals surface area contributed by atoms with E-state index in [0.29, 0.717) is 5.46 Å². The Morgan fingerprint density at radius 2 is 0.433 bits per heavy atom. The van der Waals surface area contributed by atoms with Crippen molar-refractivity contribution in [1.29, 1.82) is 0 Å². The smallest absolute Gasteiger partial charge is 0.423 e. The van der Waals surface area contributed by atoms with Crippen molar-refractivity contribution >= 4 is 134 Å². The summed E-state index contributed by atoms with van der Waals surface area (Å²) in [5.74, 6) is 0. The number of hydrogen-bond acceptors (Lipinski definition) is 2. The molecule has 0 atom stereocenters. The predicted molar refractivity (Wildman–Crippen MR) is 389 cm³/mol. The standard InChI is InChI=1S/C50H34N2.C18H14BNO2.C14H10Br2/c1-5-13-47-43(9-1)44-10-2-6-14-48(44)51(47)41-31-27-39(28-32-41)37-23-19-35(20-24-37)17-18-36-21-25-38(26-22-36)40-29-33-42(34-30-40)52-49-15-7-3-11-45(49)46-12-4-8-16-50(46)52;21-19(22)13-9-11-14(12-10-13)20-17-7-3-1-5-15(17)16-6-2-4-8-18(16)20;15-13-7-3-11(4-8-13)1-2-12-5-9-14(16)10-6-12/h1-34H;1-12,21-22H;1-10H/b18-17+;;2-1+. The highest BCUT2D eigenvalue weighted by Crippen LogP contribution is 2.36. The number of hydrogen-bond donors (Lipinski definition) is 2. The Bertz CT molecular complexity index is 4830. The molecule has 0 unspecified atom stereocenters. The van der Waals surface area contributed by atoms with E-state index in [0.717, 1.165) is 25.7 Å². The summed E-state index contributed by atoms with van der Waals surface area (Å²) in [6.07, 6.45) is 8.58. The maximum absolute atomic E-state index is 9.24. The van der Waals surface area contributed by atoms with Crippen molar-refractivity contribution in [3.8, 4) is 39.3 Å². The first kappa shape index (κ1) is 57.4. The highest BCUT2D eigenvalue weighted by molar-refractivity contribution is 9.10. The second kappa shape index (κ2) is 25.8. The second-order valence-corrected chi connectivity index (χ2v) is 24.0. The van der Waals surface area contributed by atoms with Crippen LogP contribution >= 0.6 is 31.9 Å². The minimum Gasteiger partial charge on any atom is -0.423 e. The van der Waals surface area contributed by atoms with Gasteiger partial charge in [-0.3, -0.25) is 0 Å². The largest absolute Gasteiger partial charge is 0.488 e. The quantitative estimate of drug-likeness (QED) is 0.106. The molecule has 0 aliphatic carbocycles. The lowest BCUT2D eigenvalue weighted by molar-refractivity contribution is 0.426. The molecule has 0 spiro atoms. The molecule has 2 N–H and O–H groups in total. The summed E-state index contributed by atoms with van der Waals surface area (Å²) in [6.45, 7) is 0. The van der Waals surface area contributed by atoms with Gasteiger partial charge in [0.15, 0.2) is 0 Å².